The lowest BCUT2D eigenvalue weighted by Gasteiger charge is -2.09. The summed E-state index contributed by atoms with van der Waals surface area (Å²) in [6.07, 6.45) is 1.59. The Kier molecular flexibility index (Phi) is 6.79. The quantitative estimate of drug-likeness (QED) is 0.224. The number of anilines is 1. The van der Waals surface area contributed by atoms with E-state index in [0.29, 0.717) is 17.8 Å². The predicted molar refractivity (Wildman–Crippen MR) is 128 cm³/mol. The number of carbonyl (C=O) groups is 2. The zero-order chi connectivity index (χ0) is 24.1. The van der Waals surface area contributed by atoms with Gasteiger partial charge in [-0.05, 0) is 29.5 Å². The Bertz CT molecular complexity index is 1330. The van der Waals surface area contributed by atoms with E-state index in [1.54, 1.807) is 23.9 Å². The van der Waals surface area contributed by atoms with Crippen LogP contribution in [0.15, 0.2) is 72.2 Å². The Labute approximate surface area is 198 Å². The number of amides is 1. The molecule has 2 aromatic heterocycles. The number of ether oxygens (including phenoxy) is 1. The second kappa shape index (κ2) is 10.1. The molecule has 1 N–H and O–H groups in total. The highest BCUT2D eigenvalue weighted by Crippen LogP contribution is 2.29. The van der Waals surface area contributed by atoms with E-state index in [1.165, 1.54) is 23.5 Å². The summed E-state index contributed by atoms with van der Waals surface area (Å²) >= 11 is 1.43. The van der Waals surface area contributed by atoms with Crippen molar-refractivity contribution >= 4 is 34.6 Å². The number of aryl methyl sites for hydroxylation is 1. The molecule has 1 amide bonds. The van der Waals surface area contributed by atoms with Gasteiger partial charge in [0.1, 0.15) is 16.9 Å². The molecule has 10 heteroatoms. The average Bonchev–Trinajstić information content (AvgIpc) is 3.49. The van der Waals surface area contributed by atoms with Gasteiger partial charge in [-0.1, -0.05) is 48.5 Å². The lowest BCUT2D eigenvalue weighted by atomic mass is 10.1. The Morgan fingerprint density at radius 3 is 2.62 bits per heavy atom. The number of esters is 1. The van der Waals surface area contributed by atoms with E-state index < -0.39 is 23.4 Å². The largest absolute Gasteiger partial charge is 0.452 e. The van der Waals surface area contributed by atoms with Crippen LogP contribution in [0.25, 0.3) is 10.6 Å². The van der Waals surface area contributed by atoms with Crippen molar-refractivity contribution in [2.75, 3.05) is 11.9 Å². The Morgan fingerprint density at radius 1 is 1.12 bits per heavy atom. The number of nitrogens with one attached hydrogen (secondary N) is 1. The molecule has 0 unspecified atom stereocenters. The Morgan fingerprint density at radius 2 is 1.91 bits per heavy atom. The van der Waals surface area contributed by atoms with E-state index in [1.807, 2.05) is 47.8 Å². The van der Waals surface area contributed by atoms with Crippen molar-refractivity contribution in [3.05, 3.63) is 99.0 Å². The van der Waals surface area contributed by atoms with Gasteiger partial charge in [-0.3, -0.25) is 19.6 Å². The van der Waals surface area contributed by atoms with Crippen LogP contribution in [0.5, 0.6) is 0 Å². The molecule has 172 valence electrons. The van der Waals surface area contributed by atoms with Gasteiger partial charge in [-0.15, -0.1) is 11.3 Å². The van der Waals surface area contributed by atoms with Crippen LogP contribution in [0.4, 0.5) is 11.4 Å². The highest BCUT2D eigenvalue weighted by molar-refractivity contribution is 7.13. The highest BCUT2D eigenvalue weighted by Gasteiger charge is 2.22. The number of hydrogen-bond acceptors (Lipinski definition) is 7. The lowest BCUT2D eigenvalue weighted by Crippen LogP contribution is -2.22. The minimum atomic E-state index is -0.711. The van der Waals surface area contributed by atoms with Crippen molar-refractivity contribution in [1.82, 2.24) is 9.78 Å². The van der Waals surface area contributed by atoms with Gasteiger partial charge in [0.2, 0.25) is 0 Å². The predicted octanol–water partition coefficient (Wildman–Crippen LogP) is 4.67. The summed E-state index contributed by atoms with van der Waals surface area (Å²) in [5.74, 6) is -1.39. The van der Waals surface area contributed by atoms with Crippen molar-refractivity contribution in [2.45, 2.75) is 13.5 Å². The van der Waals surface area contributed by atoms with Crippen LogP contribution in [0.2, 0.25) is 0 Å². The maximum absolute atomic E-state index is 12.9. The van der Waals surface area contributed by atoms with Crippen molar-refractivity contribution < 1.29 is 19.2 Å². The second-order valence-electron chi connectivity index (χ2n) is 7.40. The maximum Gasteiger partial charge on any atom is 0.342 e. The van der Waals surface area contributed by atoms with Crippen LogP contribution in [-0.4, -0.2) is 33.2 Å². The Balaban J connectivity index is 1.49. The number of benzene rings is 2. The third-order valence-electron chi connectivity index (χ3n) is 4.97. The van der Waals surface area contributed by atoms with Crippen LogP contribution in [0.1, 0.15) is 21.5 Å². The van der Waals surface area contributed by atoms with Gasteiger partial charge in [0.25, 0.3) is 11.6 Å². The first-order valence-electron chi connectivity index (χ1n) is 10.3. The van der Waals surface area contributed by atoms with Gasteiger partial charge < -0.3 is 10.1 Å². The normalized spacial score (nSPS) is 10.6. The molecule has 2 aromatic carbocycles. The molecule has 4 aromatic rings. The molecule has 34 heavy (non-hydrogen) atoms. The first-order chi connectivity index (χ1) is 16.4. The molecule has 9 nitrogen and oxygen atoms in total. The smallest absolute Gasteiger partial charge is 0.342 e. The second-order valence-corrected chi connectivity index (χ2v) is 8.35. The van der Waals surface area contributed by atoms with Crippen LogP contribution in [0.3, 0.4) is 0 Å². The summed E-state index contributed by atoms with van der Waals surface area (Å²) in [6, 6.07) is 17.8. The minimum absolute atomic E-state index is 0.0727. The average molecular weight is 477 g/mol. The van der Waals surface area contributed by atoms with Crippen LogP contribution in [0, 0.1) is 17.0 Å². The number of nitro benzene ring substituents is 1. The number of nitrogens with zero attached hydrogens (tertiary/aromatic N) is 3. The molecule has 4 rings (SSSR count). The lowest BCUT2D eigenvalue weighted by molar-refractivity contribution is -0.384. The van der Waals surface area contributed by atoms with E-state index in [0.717, 1.165) is 10.4 Å². The van der Waals surface area contributed by atoms with E-state index in [2.05, 4.69) is 10.4 Å². The molecule has 0 saturated heterocycles. The molecule has 0 fully saturated rings. The number of hydrogen-bond donors (Lipinski definition) is 1. The number of para-hydroxylation sites is 1. The molecular formula is C24H20N4O5S. The summed E-state index contributed by atoms with van der Waals surface area (Å²) < 4.78 is 6.89. The van der Waals surface area contributed by atoms with E-state index in [9.17, 15) is 19.7 Å². The standard InChI is InChI=1S/C24H20N4O5S/c1-16-7-5-10-19(28(31)32)22(16)25-21(29)15-33-24(30)18-14-27(13-17-8-3-2-4-9-17)26-23(18)20-11-6-12-34-20/h2-12,14H,13,15H2,1H3,(H,25,29). The summed E-state index contributed by atoms with van der Waals surface area (Å²) in [4.78, 5) is 36.7. The zero-order valence-corrected chi connectivity index (χ0v) is 19.0. The van der Waals surface area contributed by atoms with Gasteiger partial charge in [-0.2, -0.15) is 5.10 Å². The molecule has 0 aliphatic heterocycles. The fourth-order valence-electron chi connectivity index (χ4n) is 3.37. The third kappa shape index (κ3) is 5.18. The minimum Gasteiger partial charge on any atom is -0.452 e. The number of nitro groups is 1. The SMILES string of the molecule is Cc1cccc([N+](=O)[O-])c1NC(=O)COC(=O)c1cn(Cc2ccccc2)nc1-c1cccs1. The van der Waals surface area contributed by atoms with Crippen LogP contribution < -0.4 is 5.32 Å². The number of carbonyl (C=O) groups excluding carboxylic acids is 2. The van der Waals surface area contributed by atoms with Crippen molar-refractivity contribution in [3.63, 3.8) is 0 Å². The molecular weight excluding hydrogens is 456 g/mol. The maximum atomic E-state index is 12.9. The van der Waals surface area contributed by atoms with Crippen LogP contribution >= 0.6 is 11.3 Å². The topological polar surface area (TPSA) is 116 Å². The Hall–Kier alpha value is -4.31. The van der Waals surface area contributed by atoms with Gasteiger partial charge >= 0.3 is 5.97 Å². The summed E-state index contributed by atoms with van der Waals surface area (Å²) in [5.41, 5.74) is 2.07. The first kappa shape index (κ1) is 22.9. The van der Waals surface area contributed by atoms with Crippen molar-refractivity contribution in [3.8, 4) is 10.6 Å². The van der Waals surface area contributed by atoms with E-state index in [4.69, 9.17) is 4.74 Å². The molecule has 0 aliphatic carbocycles. The van der Waals surface area contributed by atoms with Gasteiger partial charge in [0.15, 0.2) is 6.61 Å². The molecule has 2 heterocycles. The monoisotopic (exact) mass is 476 g/mol. The van der Waals surface area contributed by atoms with Gasteiger partial charge in [0.05, 0.1) is 16.3 Å². The highest BCUT2D eigenvalue weighted by atomic mass is 32.1. The van der Waals surface area contributed by atoms with Gasteiger partial charge in [0, 0.05) is 12.3 Å². The fourth-order valence-corrected chi connectivity index (χ4v) is 4.09. The number of thiophene rings is 1. The fraction of sp³-hybridized carbons (Fsp3) is 0.125. The van der Waals surface area contributed by atoms with Crippen molar-refractivity contribution in [2.24, 2.45) is 0 Å². The molecule has 0 bridgehead atoms. The molecule has 0 spiro atoms. The van der Waals surface area contributed by atoms with Crippen molar-refractivity contribution in [1.29, 1.82) is 0 Å². The van der Waals surface area contributed by atoms with Gasteiger partial charge in [-0.25, -0.2) is 4.79 Å². The molecule has 0 radical (unpaired) electrons. The van der Waals surface area contributed by atoms with E-state index >= 15 is 0 Å². The van der Waals surface area contributed by atoms with E-state index in [-0.39, 0.29) is 16.9 Å². The first-order valence-corrected chi connectivity index (χ1v) is 11.2. The number of aromatic nitrogens is 2. The molecule has 0 saturated carbocycles. The summed E-state index contributed by atoms with van der Waals surface area (Å²) in [7, 11) is 0. The molecule has 0 atom stereocenters. The number of rotatable bonds is 8. The zero-order valence-electron chi connectivity index (χ0n) is 18.1. The third-order valence-corrected chi connectivity index (χ3v) is 5.85. The summed E-state index contributed by atoms with van der Waals surface area (Å²) in [5, 5.41) is 20.2. The van der Waals surface area contributed by atoms with Crippen LogP contribution in [-0.2, 0) is 16.1 Å². The molecule has 0 aliphatic rings. The summed E-state index contributed by atoms with van der Waals surface area (Å²) in [6.45, 7) is 1.51.